The summed E-state index contributed by atoms with van der Waals surface area (Å²) in [4.78, 5) is 10.1. The number of ether oxygens (including phenoxy) is 1. The van der Waals surface area contributed by atoms with E-state index in [4.69, 9.17) is 0 Å². The maximum atomic E-state index is 12.6. The number of esters is 1. The molecule has 0 aliphatic heterocycles. The largest absolute Gasteiger partial charge is 0.743 e. The first-order valence-corrected chi connectivity index (χ1v) is 5.17. The van der Waals surface area contributed by atoms with Gasteiger partial charge in [0.2, 0.25) is 0 Å². The van der Waals surface area contributed by atoms with Crippen molar-refractivity contribution in [1.82, 2.24) is 0 Å². The van der Waals surface area contributed by atoms with Crippen LogP contribution in [0.2, 0.25) is 0 Å². The number of halogens is 4. The van der Waals surface area contributed by atoms with Crippen molar-refractivity contribution >= 4 is 16.1 Å². The van der Waals surface area contributed by atoms with E-state index in [1.54, 1.807) is 0 Å². The molecule has 0 aliphatic carbocycles. The smallest absolute Gasteiger partial charge is 0.396 e. The van der Waals surface area contributed by atoms with Crippen LogP contribution in [0.4, 0.5) is 17.6 Å². The van der Waals surface area contributed by atoms with Crippen LogP contribution < -0.4 is 0 Å². The molecule has 0 atom stereocenters. The fourth-order valence-corrected chi connectivity index (χ4v) is 1.12. The molecule has 10 heteroatoms. The van der Waals surface area contributed by atoms with Gasteiger partial charge in [-0.3, -0.25) is 4.79 Å². The van der Waals surface area contributed by atoms with E-state index in [0.717, 1.165) is 6.92 Å². The van der Waals surface area contributed by atoms with Crippen molar-refractivity contribution in [1.29, 1.82) is 0 Å². The molecule has 0 saturated carbocycles. The second-order valence-corrected chi connectivity index (χ2v) is 4.19. The van der Waals surface area contributed by atoms with Gasteiger partial charge in [-0.25, -0.2) is 8.42 Å². The highest BCUT2D eigenvalue weighted by atomic mass is 32.2. The van der Waals surface area contributed by atoms with Crippen molar-refractivity contribution in [3.8, 4) is 0 Å². The van der Waals surface area contributed by atoms with Gasteiger partial charge in [-0.15, -0.1) is 0 Å². The monoisotopic (exact) mass is 267 g/mol. The summed E-state index contributed by atoms with van der Waals surface area (Å²) in [6, 6.07) is 0. The molecule has 0 unspecified atom stereocenters. The van der Waals surface area contributed by atoms with E-state index in [1.807, 2.05) is 0 Å². The van der Waals surface area contributed by atoms with Crippen molar-refractivity contribution in [2.45, 2.75) is 24.5 Å². The van der Waals surface area contributed by atoms with E-state index in [2.05, 4.69) is 4.74 Å². The van der Waals surface area contributed by atoms with Crippen molar-refractivity contribution in [2.24, 2.45) is 0 Å². The number of alkyl halides is 4. The summed E-state index contributed by atoms with van der Waals surface area (Å²) < 4.78 is 83.8. The van der Waals surface area contributed by atoms with Gasteiger partial charge in [0.1, 0.15) is 0 Å². The number of hydrogen-bond acceptors (Lipinski definition) is 5. The average Bonchev–Trinajstić information content (AvgIpc) is 2.00. The number of hydrogen-bond donors (Lipinski definition) is 0. The van der Waals surface area contributed by atoms with Gasteiger partial charge in [0, 0.05) is 6.92 Å². The van der Waals surface area contributed by atoms with Gasteiger partial charge < -0.3 is 9.29 Å². The summed E-state index contributed by atoms with van der Waals surface area (Å²) in [5.74, 6) is -6.09. The molecular weight excluding hydrogens is 260 g/mol. The van der Waals surface area contributed by atoms with Gasteiger partial charge in [-0.1, -0.05) is 0 Å². The molecule has 0 aromatic carbocycles. The van der Waals surface area contributed by atoms with E-state index in [-0.39, 0.29) is 0 Å². The molecule has 0 radical (unpaired) electrons. The first-order chi connectivity index (χ1) is 6.92. The molecule has 0 bridgehead atoms. The molecule has 0 aromatic rings. The highest BCUT2D eigenvalue weighted by molar-refractivity contribution is 7.86. The number of rotatable bonds is 5. The summed E-state index contributed by atoms with van der Waals surface area (Å²) >= 11 is 0. The molecule has 16 heavy (non-hydrogen) atoms. The Bertz CT molecular complexity index is 363. The normalized spacial score (nSPS) is 13.6. The van der Waals surface area contributed by atoms with Crippen molar-refractivity contribution < 1.29 is 40.1 Å². The fourth-order valence-electron chi connectivity index (χ4n) is 0.651. The molecular formula is C6H7F4O5S-. The predicted molar refractivity (Wildman–Crippen MR) is 40.8 cm³/mol. The molecule has 0 rings (SSSR count). The molecule has 5 nitrogen and oxygen atoms in total. The zero-order valence-corrected chi connectivity index (χ0v) is 8.69. The number of carbonyl (C=O) groups is 1. The Balaban J connectivity index is 4.72. The molecule has 0 spiro atoms. The van der Waals surface area contributed by atoms with E-state index < -0.39 is 40.3 Å². The standard InChI is InChI=1S/C6H8F4O5S/c1-4(11)15-3-2-5(7,8)6(9,10)16(12,13)14/h2-3H2,1H3,(H,12,13,14)/p-1. The lowest BCUT2D eigenvalue weighted by Crippen LogP contribution is -2.47. The SMILES string of the molecule is CC(=O)OCCC(F)(F)C(F)(F)S(=O)(=O)[O-]. The zero-order valence-electron chi connectivity index (χ0n) is 7.88. The van der Waals surface area contributed by atoms with E-state index in [0.29, 0.717) is 0 Å². The first-order valence-electron chi connectivity index (χ1n) is 3.76. The van der Waals surface area contributed by atoms with Gasteiger partial charge in [0.15, 0.2) is 10.1 Å². The Morgan fingerprint density at radius 3 is 2.06 bits per heavy atom. The van der Waals surface area contributed by atoms with Crippen molar-refractivity contribution in [2.75, 3.05) is 6.61 Å². The number of carbonyl (C=O) groups excluding carboxylic acids is 1. The molecule has 0 heterocycles. The Kier molecular flexibility index (Phi) is 4.28. The van der Waals surface area contributed by atoms with Crippen molar-refractivity contribution in [3.05, 3.63) is 0 Å². The molecule has 0 aromatic heterocycles. The summed E-state index contributed by atoms with van der Waals surface area (Å²) in [5.41, 5.74) is 0. The van der Waals surface area contributed by atoms with E-state index >= 15 is 0 Å². The van der Waals surface area contributed by atoms with Gasteiger partial charge in [-0.2, -0.15) is 17.6 Å². The van der Waals surface area contributed by atoms with E-state index in [9.17, 15) is 35.3 Å². The lowest BCUT2D eigenvalue weighted by Gasteiger charge is -2.28. The minimum absolute atomic E-state index is 0.848. The third-order valence-electron chi connectivity index (χ3n) is 1.46. The molecule has 0 saturated heterocycles. The third-order valence-corrected chi connectivity index (χ3v) is 2.39. The summed E-state index contributed by atoms with van der Waals surface area (Å²) in [5, 5.41) is -5.74. The van der Waals surface area contributed by atoms with Crippen LogP contribution in [-0.4, -0.2) is 36.7 Å². The van der Waals surface area contributed by atoms with Crippen LogP contribution in [0.3, 0.4) is 0 Å². The quantitative estimate of drug-likeness (QED) is 0.416. The van der Waals surface area contributed by atoms with Crippen LogP contribution in [-0.2, 0) is 19.6 Å². The second-order valence-electron chi connectivity index (χ2n) is 2.77. The highest BCUT2D eigenvalue weighted by Crippen LogP contribution is 2.40. The van der Waals surface area contributed by atoms with Gasteiger partial charge in [-0.05, 0) is 0 Å². The van der Waals surface area contributed by atoms with Crippen LogP contribution in [0.25, 0.3) is 0 Å². The molecule has 0 aliphatic rings. The van der Waals surface area contributed by atoms with Crippen LogP contribution in [0.15, 0.2) is 0 Å². The van der Waals surface area contributed by atoms with Crippen LogP contribution in [0.5, 0.6) is 0 Å². The average molecular weight is 267 g/mol. The predicted octanol–water partition coefficient (Wildman–Crippen LogP) is 0.713. The fraction of sp³-hybridized carbons (Fsp3) is 0.833. The Morgan fingerprint density at radius 1 is 1.31 bits per heavy atom. The molecule has 0 N–H and O–H groups in total. The van der Waals surface area contributed by atoms with Gasteiger partial charge in [0.25, 0.3) is 0 Å². The first kappa shape index (κ1) is 15.1. The third kappa shape index (κ3) is 3.30. The summed E-state index contributed by atoms with van der Waals surface area (Å²) in [7, 11) is -6.48. The summed E-state index contributed by atoms with van der Waals surface area (Å²) in [6.07, 6.45) is -1.76. The van der Waals surface area contributed by atoms with Gasteiger partial charge >= 0.3 is 17.1 Å². The maximum absolute atomic E-state index is 12.6. The van der Waals surface area contributed by atoms with Crippen LogP contribution in [0.1, 0.15) is 13.3 Å². The lowest BCUT2D eigenvalue weighted by molar-refractivity contribution is -0.174. The minimum atomic E-state index is -6.48. The second kappa shape index (κ2) is 4.53. The van der Waals surface area contributed by atoms with Crippen molar-refractivity contribution in [3.63, 3.8) is 0 Å². The topological polar surface area (TPSA) is 83.5 Å². The molecule has 96 valence electrons. The molecule has 0 amide bonds. The maximum Gasteiger partial charge on any atom is 0.396 e. The Labute approximate surface area is 88.1 Å². The Morgan fingerprint density at radius 2 is 1.75 bits per heavy atom. The van der Waals surface area contributed by atoms with E-state index in [1.165, 1.54) is 0 Å². The summed E-state index contributed by atoms with van der Waals surface area (Å²) in [6.45, 7) is -0.270. The van der Waals surface area contributed by atoms with Crippen LogP contribution in [0, 0.1) is 0 Å². The zero-order chi connectivity index (χ0) is 13.2. The molecule has 0 fully saturated rings. The van der Waals surface area contributed by atoms with Gasteiger partial charge in [0.05, 0.1) is 13.0 Å². The lowest BCUT2D eigenvalue weighted by atomic mass is 10.2. The minimum Gasteiger partial charge on any atom is -0.743 e. The Hall–Kier alpha value is -0.900. The highest BCUT2D eigenvalue weighted by Gasteiger charge is 2.61. The van der Waals surface area contributed by atoms with Crippen LogP contribution >= 0.6 is 0 Å².